The molecule has 0 saturated heterocycles. The van der Waals surface area contributed by atoms with Crippen molar-refractivity contribution in [3.63, 3.8) is 0 Å². The standard InChI is InChI=1S/C17H14N2O2S2/c1-10-5-7-22-15(10)16(20)19-17-18-13(9-23-17)11-2-3-14-12(8-11)4-6-21-14/h2-3,5,7-9H,4,6H2,1H3,(H,18,19,20). The zero-order chi connectivity index (χ0) is 15.8. The number of benzene rings is 1. The number of fused-ring (bicyclic) bond motifs is 1. The van der Waals surface area contributed by atoms with E-state index in [2.05, 4.69) is 16.4 Å². The van der Waals surface area contributed by atoms with E-state index in [1.54, 1.807) is 0 Å². The van der Waals surface area contributed by atoms with Crippen molar-refractivity contribution in [2.24, 2.45) is 0 Å². The summed E-state index contributed by atoms with van der Waals surface area (Å²) >= 11 is 2.88. The normalized spacial score (nSPS) is 12.7. The minimum Gasteiger partial charge on any atom is -0.493 e. The maximum atomic E-state index is 12.2. The lowest BCUT2D eigenvalue weighted by Gasteiger charge is -2.02. The molecular formula is C17H14N2O2S2. The van der Waals surface area contributed by atoms with Crippen molar-refractivity contribution in [2.75, 3.05) is 11.9 Å². The highest BCUT2D eigenvalue weighted by atomic mass is 32.1. The third kappa shape index (κ3) is 2.75. The average Bonchev–Trinajstić information content (AvgIpc) is 3.26. The highest BCUT2D eigenvalue weighted by Crippen LogP contribution is 2.32. The van der Waals surface area contributed by atoms with Crippen molar-refractivity contribution in [3.8, 4) is 17.0 Å². The summed E-state index contributed by atoms with van der Waals surface area (Å²) in [4.78, 5) is 17.5. The summed E-state index contributed by atoms with van der Waals surface area (Å²) < 4.78 is 5.53. The van der Waals surface area contributed by atoms with Crippen LogP contribution in [0.1, 0.15) is 20.8 Å². The minimum absolute atomic E-state index is 0.0965. The van der Waals surface area contributed by atoms with E-state index in [1.165, 1.54) is 28.2 Å². The van der Waals surface area contributed by atoms with Crippen molar-refractivity contribution in [1.82, 2.24) is 4.98 Å². The van der Waals surface area contributed by atoms with E-state index in [4.69, 9.17) is 4.74 Å². The van der Waals surface area contributed by atoms with Gasteiger partial charge in [0, 0.05) is 17.4 Å². The number of amides is 1. The second-order valence-corrected chi connectivity index (χ2v) is 7.12. The van der Waals surface area contributed by atoms with Crippen molar-refractivity contribution >= 4 is 33.7 Å². The predicted octanol–water partition coefficient (Wildman–Crippen LogP) is 4.37. The fourth-order valence-electron chi connectivity index (χ4n) is 2.57. The van der Waals surface area contributed by atoms with Gasteiger partial charge >= 0.3 is 0 Å². The van der Waals surface area contributed by atoms with Gasteiger partial charge in [-0.15, -0.1) is 22.7 Å². The number of aromatic nitrogens is 1. The molecule has 0 unspecified atom stereocenters. The van der Waals surface area contributed by atoms with Crippen LogP contribution in [0.4, 0.5) is 5.13 Å². The Balaban J connectivity index is 1.55. The average molecular weight is 342 g/mol. The first-order valence-electron chi connectivity index (χ1n) is 7.28. The van der Waals surface area contributed by atoms with Crippen LogP contribution in [0.5, 0.6) is 5.75 Å². The number of nitrogens with zero attached hydrogens (tertiary/aromatic N) is 1. The highest BCUT2D eigenvalue weighted by Gasteiger charge is 2.15. The van der Waals surface area contributed by atoms with Crippen LogP contribution in [-0.4, -0.2) is 17.5 Å². The lowest BCUT2D eigenvalue weighted by Crippen LogP contribution is -2.10. The predicted molar refractivity (Wildman–Crippen MR) is 93.8 cm³/mol. The zero-order valence-electron chi connectivity index (χ0n) is 12.5. The van der Waals surface area contributed by atoms with Gasteiger partial charge in [0.2, 0.25) is 0 Å². The molecule has 1 aliphatic rings. The van der Waals surface area contributed by atoms with E-state index in [0.29, 0.717) is 5.13 Å². The largest absolute Gasteiger partial charge is 0.493 e. The molecule has 1 N–H and O–H groups in total. The Morgan fingerprint density at radius 1 is 1.30 bits per heavy atom. The first kappa shape index (κ1) is 14.4. The molecule has 4 rings (SSSR count). The summed E-state index contributed by atoms with van der Waals surface area (Å²) in [6.45, 7) is 2.68. The molecule has 0 fully saturated rings. The van der Waals surface area contributed by atoms with Crippen LogP contribution in [0.15, 0.2) is 35.0 Å². The van der Waals surface area contributed by atoms with Crippen molar-refractivity contribution in [3.05, 3.63) is 51.0 Å². The molecule has 4 nitrogen and oxygen atoms in total. The van der Waals surface area contributed by atoms with Gasteiger partial charge in [-0.3, -0.25) is 10.1 Å². The number of hydrogen-bond acceptors (Lipinski definition) is 5. The summed E-state index contributed by atoms with van der Waals surface area (Å²) in [5, 5.41) is 7.39. The third-order valence-corrected chi connectivity index (χ3v) is 5.55. The maximum absolute atomic E-state index is 12.2. The molecule has 6 heteroatoms. The molecule has 3 heterocycles. The number of thiophene rings is 1. The maximum Gasteiger partial charge on any atom is 0.267 e. The van der Waals surface area contributed by atoms with E-state index < -0.39 is 0 Å². The number of carbonyl (C=O) groups is 1. The van der Waals surface area contributed by atoms with E-state index in [1.807, 2.05) is 35.9 Å². The van der Waals surface area contributed by atoms with Crippen LogP contribution in [0.25, 0.3) is 11.3 Å². The second kappa shape index (κ2) is 5.79. The number of ether oxygens (including phenoxy) is 1. The first-order chi connectivity index (χ1) is 11.2. The monoisotopic (exact) mass is 342 g/mol. The van der Waals surface area contributed by atoms with E-state index in [9.17, 15) is 4.79 Å². The Hall–Kier alpha value is -2.18. The molecule has 1 aromatic carbocycles. The van der Waals surface area contributed by atoms with Crippen molar-refractivity contribution in [1.29, 1.82) is 0 Å². The SMILES string of the molecule is Cc1ccsc1C(=O)Nc1nc(-c2ccc3c(c2)CCO3)cs1. The van der Waals surface area contributed by atoms with Gasteiger partial charge in [0.25, 0.3) is 5.91 Å². The molecule has 3 aromatic rings. The number of nitrogens with one attached hydrogen (secondary N) is 1. The Kier molecular flexibility index (Phi) is 3.63. The van der Waals surface area contributed by atoms with Crippen molar-refractivity contribution < 1.29 is 9.53 Å². The Morgan fingerprint density at radius 3 is 3.04 bits per heavy atom. The van der Waals surface area contributed by atoms with E-state index >= 15 is 0 Å². The molecule has 0 bridgehead atoms. The van der Waals surface area contributed by atoms with Gasteiger partial charge in [-0.1, -0.05) is 0 Å². The number of carbonyl (C=O) groups excluding carboxylic acids is 1. The van der Waals surface area contributed by atoms with E-state index in [0.717, 1.165) is 40.5 Å². The van der Waals surface area contributed by atoms with Crippen LogP contribution in [0.3, 0.4) is 0 Å². The Labute approximate surface area is 141 Å². The molecular weight excluding hydrogens is 328 g/mol. The zero-order valence-corrected chi connectivity index (χ0v) is 14.1. The molecule has 116 valence electrons. The molecule has 2 aromatic heterocycles. The fourth-order valence-corrected chi connectivity index (χ4v) is 4.10. The molecule has 0 spiro atoms. The topological polar surface area (TPSA) is 51.2 Å². The number of anilines is 1. The summed E-state index contributed by atoms with van der Waals surface area (Å²) in [5.41, 5.74) is 4.14. The van der Waals surface area contributed by atoms with Crippen LogP contribution in [-0.2, 0) is 6.42 Å². The van der Waals surface area contributed by atoms with Crippen LogP contribution in [0.2, 0.25) is 0 Å². The quantitative estimate of drug-likeness (QED) is 0.769. The lowest BCUT2D eigenvalue weighted by molar-refractivity contribution is 0.103. The molecule has 0 aliphatic carbocycles. The van der Waals surface area contributed by atoms with Gasteiger partial charge in [0.05, 0.1) is 17.2 Å². The molecule has 0 saturated carbocycles. The number of hydrogen-bond donors (Lipinski definition) is 1. The van der Waals surface area contributed by atoms with Gasteiger partial charge in [-0.05, 0) is 47.7 Å². The minimum atomic E-state index is -0.0965. The number of rotatable bonds is 3. The van der Waals surface area contributed by atoms with Gasteiger partial charge in [-0.25, -0.2) is 4.98 Å². The molecule has 23 heavy (non-hydrogen) atoms. The van der Waals surface area contributed by atoms with Gasteiger partial charge in [0.1, 0.15) is 5.75 Å². The highest BCUT2D eigenvalue weighted by molar-refractivity contribution is 7.14. The second-order valence-electron chi connectivity index (χ2n) is 5.35. The Morgan fingerprint density at radius 2 is 2.22 bits per heavy atom. The lowest BCUT2D eigenvalue weighted by atomic mass is 10.1. The molecule has 0 atom stereocenters. The molecule has 1 amide bonds. The summed E-state index contributed by atoms with van der Waals surface area (Å²) in [6.07, 6.45) is 0.939. The summed E-state index contributed by atoms with van der Waals surface area (Å²) in [6, 6.07) is 8.06. The van der Waals surface area contributed by atoms with Crippen LogP contribution >= 0.6 is 22.7 Å². The van der Waals surface area contributed by atoms with Gasteiger partial charge in [0.15, 0.2) is 5.13 Å². The number of thiazole rings is 1. The Bertz CT molecular complexity index is 882. The van der Waals surface area contributed by atoms with Crippen LogP contribution < -0.4 is 10.1 Å². The summed E-state index contributed by atoms with van der Waals surface area (Å²) in [7, 11) is 0. The van der Waals surface area contributed by atoms with Gasteiger partial charge < -0.3 is 4.74 Å². The smallest absolute Gasteiger partial charge is 0.267 e. The van der Waals surface area contributed by atoms with Crippen LogP contribution in [0, 0.1) is 6.92 Å². The third-order valence-electron chi connectivity index (χ3n) is 3.78. The van der Waals surface area contributed by atoms with Gasteiger partial charge in [-0.2, -0.15) is 0 Å². The molecule has 1 aliphatic heterocycles. The number of aryl methyl sites for hydroxylation is 1. The first-order valence-corrected chi connectivity index (χ1v) is 9.04. The molecule has 0 radical (unpaired) electrons. The summed E-state index contributed by atoms with van der Waals surface area (Å²) in [5.74, 6) is 0.867. The van der Waals surface area contributed by atoms with E-state index in [-0.39, 0.29) is 5.91 Å². The van der Waals surface area contributed by atoms with Crippen molar-refractivity contribution in [2.45, 2.75) is 13.3 Å². The fraction of sp³-hybridized carbons (Fsp3) is 0.176.